The number of nitrogens with zero attached hydrogens (tertiary/aromatic N) is 1. The van der Waals surface area contributed by atoms with Gasteiger partial charge in [0.2, 0.25) is 10.0 Å². The smallest absolute Gasteiger partial charge is 0.259 e. The van der Waals surface area contributed by atoms with Crippen molar-refractivity contribution in [1.29, 1.82) is 0 Å². The Bertz CT molecular complexity index is 875. The van der Waals surface area contributed by atoms with Crippen LogP contribution in [0.15, 0.2) is 53.4 Å². The van der Waals surface area contributed by atoms with Gasteiger partial charge in [-0.1, -0.05) is 26.0 Å². The first kappa shape index (κ1) is 20.9. The van der Waals surface area contributed by atoms with Gasteiger partial charge in [0.05, 0.1) is 17.1 Å². The van der Waals surface area contributed by atoms with Gasteiger partial charge < -0.3 is 10.1 Å². The van der Waals surface area contributed by atoms with Gasteiger partial charge in [-0.2, -0.15) is 0 Å². The number of carbonyl (C=O) groups is 1. The zero-order valence-corrected chi connectivity index (χ0v) is 16.9. The van der Waals surface area contributed by atoms with E-state index in [9.17, 15) is 13.2 Å². The molecule has 0 saturated heterocycles. The quantitative estimate of drug-likeness (QED) is 0.747. The summed E-state index contributed by atoms with van der Waals surface area (Å²) in [5, 5.41) is 2.78. The number of rotatable bonds is 8. The first-order chi connectivity index (χ1) is 12.7. The van der Waals surface area contributed by atoms with Crippen LogP contribution in [0.25, 0.3) is 0 Å². The molecule has 7 heteroatoms. The van der Waals surface area contributed by atoms with Gasteiger partial charge >= 0.3 is 0 Å². The molecule has 146 valence electrons. The van der Waals surface area contributed by atoms with E-state index in [-0.39, 0.29) is 10.8 Å². The molecule has 0 unspecified atom stereocenters. The summed E-state index contributed by atoms with van der Waals surface area (Å²) in [7, 11) is -0.551. The Hall–Kier alpha value is -2.38. The molecule has 0 aliphatic carbocycles. The Labute approximate surface area is 161 Å². The number of nitrogens with one attached hydrogen (secondary N) is 1. The number of ether oxygens (including phenoxy) is 1. The predicted octanol–water partition coefficient (Wildman–Crippen LogP) is 3.61. The van der Waals surface area contributed by atoms with Crippen molar-refractivity contribution in [3.63, 3.8) is 0 Å². The molecule has 0 radical (unpaired) electrons. The van der Waals surface area contributed by atoms with Crippen LogP contribution in [-0.4, -0.2) is 39.3 Å². The van der Waals surface area contributed by atoms with Crippen LogP contribution in [0.4, 0.5) is 5.69 Å². The normalized spacial score (nSPS) is 11.6. The maximum Gasteiger partial charge on any atom is 0.259 e. The zero-order valence-electron chi connectivity index (χ0n) is 16.1. The molecular formula is C20H26N2O4S. The lowest BCUT2D eigenvalue weighted by molar-refractivity contribution is 0.102. The molecule has 0 heterocycles. The minimum absolute atomic E-state index is 0.169. The van der Waals surface area contributed by atoms with Crippen LogP contribution in [0.3, 0.4) is 0 Å². The Morgan fingerprint density at radius 3 is 2.30 bits per heavy atom. The summed E-state index contributed by atoms with van der Waals surface area (Å²) in [6, 6.07) is 13.1. The largest absolute Gasteiger partial charge is 0.493 e. The number of hydrogen-bond donors (Lipinski definition) is 1. The minimum Gasteiger partial charge on any atom is -0.493 e. The number of amides is 1. The summed E-state index contributed by atoms with van der Waals surface area (Å²) >= 11 is 0. The van der Waals surface area contributed by atoms with Crippen LogP contribution in [-0.2, 0) is 10.0 Å². The summed E-state index contributed by atoms with van der Waals surface area (Å²) in [5.41, 5.74) is 0.945. The van der Waals surface area contributed by atoms with E-state index in [4.69, 9.17) is 4.74 Å². The van der Waals surface area contributed by atoms with Gasteiger partial charge in [-0.25, -0.2) is 12.7 Å². The number of sulfonamides is 1. The predicted molar refractivity (Wildman–Crippen MR) is 107 cm³/mol. The molecule has 0 fully saturated rings. The maximum absolute atomic E-state index is 12.6. The number of anilines is 1. The number of para-hydroxylation sites is 1. The van der Waals surface area contributed by atoms with E-state index in [1.165, 1.54) is 26.2 Å². The zero-order chi connectivity index (χ0) is 20.0. The van der Waals surface area contributed by atoms with E-state index in [0.717, 1.165) is 10.7 Å². The van der Waals surface area contributed by atoms with Crippen molar-refractivity contribution in [2.24, 2.45) is 5.92 Å². The summed E-state index contributed by atoms with van der Waals surface area (Å²) in [6.45, 7) is 4.77. The van der Waals surface area contributed by atoms with Gasteiger partial charge in [0.15, 0.2) is 0 Å². The molecule has 1 N–H and O–H groups in total. The van der Waals surface area contributed by atoms with Crippen LogP contribution >= 0.6 is 0 Å². The van der Waals surface area contributed by atoms with E-state index in [1.807, 2.05) is 6.07 Å². The summed E-state index contributed by atoms with van der Waals surface area (Å²) in [5.74, 6) is 0.740. The SMILES string of the molecule is CC(C)CCOc1ccccc1C(=O)Nc1ccc(S(=O)(=O)N(C)C)cc1. The molecule has 2 rings (SSSR count). The van der Waals surface area contributed by atoms with Crippen molar-refractivity contribution >= 4 is 21.6 Å². The Kier molecular flexibility index (Phi) is 6.98. The van der Waals surface area contributed by atoms with Crippen molar-refractivity contribution in [2.45, 2.75) is 25.2 Å². The molecule has 0 spiro atoms. The second-order valence-corrected chi connectivity index (χ2v) is 8.94. The molecule has 27 heavy (non-hydrogen) atoms. The van der Waals surface area contributed by atoms with Gasteiger partial charge in [-0.05, 0) is 48.7 Å². The molecule has 0 atom stereocenters. The lowest BCUT2D eigenvalue weighted by atomic mass is 10.1. The van der Waals surface area contributed by atoms with E-state index in [1.54, 1.807) is 30.3 Å². The molecule has 2 aromatic carbocycles. The van der Waals surface area contributed by atoms with Crippen molar-refractivity contribution < 1.29 is 17.9 Å². The molecule has 1 amide bonds. The molecule has 2 aromatic rings. The Morgan fingerprint density at radius 1 is 1.07 bits per heavy atom. The second-order valence-electron chi connectivity index (χ2n) is 6.79. The molecule has 6 nitrogen and oxygen atoms in total. The minimum atomic E-state index is -3.50. The average Bonchev–Trinajstić information content (AvgIpc) is 2.62. The lowest BCUT2D eigenvalue weighted by Crippen LogP contribution is -2.22. The molecule has 0 aliphatic rings. The van der Waals surface area contributed by atoms with Gasteiger partial charge in [0, 0.05) is 19.8 Å². The second kappa shape index (κ2) is 9.01. The fourth-order valence-electron chi connectivity index (χ4n) is 2.30. The topological polar surface area (TPSA) is 75.7 Å². The highest BCUT2D eigenvalue weighted by molar-refractivity contribution is 7.89. The highest BCUT2D eigenvalue weighted by Crippen LogP contribution is 2.22. The van der Waals surface area contributed by atoms with Crippen molar-refractivity contribution in [2.75, 3.05) is 26.0 Å². The Morgan fingerprint density at radius 2 is 1.70 bits per heavy atom. The third-order valence-corrected chi connectivity index (χ3v) is 5.80. The van der Waals surface area contributed by atoms with E-state index < -0.39 is 10.0 Å². The molecule has 0 saturated carbocycles. The van der Waals surface area contributed by atoms with Crippen LogP contribution in [0, 0.1) is 5.92 Å². The molecular weight excluding hydrogens is 364 g/mol. The molecule has 0 bridgehead atoms. The van der Waals surface area contributed by atoms with E-state index in [2.05, 4.69) is 19.2 Å². The first-order valence-electron chi connectivity index (χ1n) is 8.77. The van der Waals surface area contributed by atoms with E-state index in [0.29, 0.717) is 29.5 Å². The van der Waals surface area contributed by atoms with Gasteiger partial charge in [0.25, 0.3) is 5.91 Å². The number of benzene rings is 2. The molecule has 0 aromatic heterocycles. The van der Waals surface area contributed by atoms with Gasteiger partial charge in [-0.3, -0.25) is 4.79 Å². The van der Waals surface area contributed by atoms with Crippen molar-refractivity contribution in [3.8, 4) is 5.75 Å². The van der Waals surface area contributed by atoms with Crippen molar-refractivity contribution in [1.82, 2.24) is 4.31 Å². The third-order valence-electron chi connectivity index (χ3n) is 3.98. The van der Waals surface area contributed by atoms with Crippen LogP contribution in [0.1, 0.15) is 30.6 Å². The number of carbonyl (C=O) groups excluding carboxylic acids is 1. The fourth-order valence-corrected chi connectivity index (χ4v) is 3.21. The first-order valence-corrected chi connectivity index (χ1v) is 10.2. The van der Waals surface area contributed by atoms with E-state index >= 15 is 0 Å². The maximum atomic E-state index is 12.6. The summed E-state index contributed by atoms with van der Waals surface area (Å²) < 4.78 is 31.1. The monoisotopic (exact) mass is 390 g/mol. The standard InChI is InChI=1S/C20H26N2O4S/c1-15(2)13-14-26-19-8-6-5-7-18(19)20(23)21-16-9-11-17(12-10-16)27(24,25)22(3)4/h5-12,15H,13-14H2,1-4H3,(H,21,23). The summed E-state index contributed by atoms with van der Waals surface area (Å²) in [6.07, 6.45) is 0.901. The molecule has 0 aliphatic heterocycles. The lowest BCUT2D eigenvalue weighted by Gasteiger charge is -2.13. The van der Waals surface area contributed by atoms with Crippen LogP contribution in [0.2, 0.25) is 0 Å². The summed E-state index contributed by atoms with van der Waals surface area (Å²) in [4.78, 5) is 12.8. The van der Waals surface area contributed by atoms with Crippen LogP contribution in [0.5, 0.6) is 5.75 Å². The highest BCUT2D eigenvalue weighted by Gasteiger charge is 2.17. The van der Waals surface area contributed by atoms with Crippen molar-refractivity contribution in [3.05, 3.63) is 54.1 Å². The fraction of sp³-hybridized carbons (Fsp3) is 0.350. The third kappa shape index (κ3) is 5.55. The van der Waals surface area contributed by atoms with Crippen LogP contribution < -0.4 is 10.1 Å². The highest BCUT2D eigenvalue weighted by atomic mass is 32.2. The average molecular weight is 391 g/mol. The van der Waals surface area contributed by atoms with Gasteiger partial charge in [-0.15, -0.1) is 0 Å². The van der Waals surface area contributed by atoms with Gasteiger partial charge in [0.1, 0.15) is 5.75 Å². The number of hydrogen-bond acceptors (Lipinski definition) is 4. The Balaban J connectivity index is 2.11.